The molecule has 6 aromatic rings. The molecule has 1 radical (unpaired) electrons. The molecular weight excluding hydrogens is 361 g/mol. The third kappa shape index (κ3) is 2.38. The molecule has 137 valence electrons. The van der Waals surface area contributed by atoms with Crippen molar-refractivity contribution in [3.05, 3.63) is 84.9 Å². The summed E-state index contributed by atoms with van der Waals surface area (Å²) in [5.41, 5.74) is 5.06. The van der Waals surface area contributed by atoms with Gasteiger partial charge in [0.2, 0.25) is 0 Å². The second-order valence-corrected chi connectivity index (χ2v) is 7.03. The lowest BCUT2D eigenvalue weighted by molar-refractivity contribution is 0.454. The number of nitrogens with zero attached hydrogens (tertiary/aromatic N) is 1. The van der Waals surface area contributed by atoms with Crippen molar-refractivity contribution in [2.24, 2.45) is 0 Å². The van der Waals surface area contributed by atoms with Crippen molar-refractivity contribution in [3.8, 4) is 11.4 Å². The van der Waals surface area contributed by atoms with E-state index in [4.69, 9.17) is 14.1 Å². The normalized spacial score (nSPS) is 11.6. The van der Waals surface area contributed by atoms with Crippen molar-refractivity contribution in [2.45, 2.75) is 0 Å². The lowest BCUT2D eigenvalue weighted by atomic mass is 10.1. The van der Waals surface area contributed by atoms with Gasteiger partial charge in [-0.2, -0.15) is 0 Å². The molecule has 29 heavy (non-hydrogen) atoms. The lowest BCUT2D eigenvalue weighted by Gasteiger charge is -2.09. The van der Waals surface area contributed by atoms with Crippen LogP contribution >= 0.6 is 0 Å². The number of fused-ring (bicyclic) bond motifs is 6. The number of hydrogen-bond acceptors (Lipinski definition) is 3. The molecule has 5 heteroatoms. The Kier molecular flexibility index (Phi) is 3.46. The number of benzene rings is 4. The number of hydrogen-bond donors (Lipinski definition) is 1. The molecule has 4 nitrogen and oxygen atoms in total. The van der Waals surface area contributed by atoms with Gasteiger partial charge >= 0.3 is 7.69 Å². The van der Waals surface area contributed by atoms with Crippen LogP contribution in [0.4, 0.5) is 0 Å². The van der Waals surface area contributed by atoms with E-state index < -0.39 is 0 Å². The molecule has 0 amide bonds. The van der Waals surface area contributed by atoms with Gasteiger partial charge < -0.3 is 18.7 Å². The Morgan fingerprint density at radius 3 is 2.28 bits per heavy atom. The minimum atomic E-state index is 0.584. The Morgan fingerprint density at radius 1 is 0.690 bits per heavy atom. The van der Waals surface area contributed by atoms with Gasteiger partial charge in [0.25, 0.3) is 0 Å². The molecule has 0 unspecified atom stereocenters. The zero-order valence-corrected chi connectivity index (χ0v) is 15.4. The molecule has 0 atom stereocenters. The Balaban J connectivity index is 1.71. The van der Waals surface area contributed by atoms with E-state index in [1.54, 1.807) is 0 Å². The predicted molar refractivity (Wildman–Crippen MR) is 117 cm³/mol. The maximum Gasteiger partial charge on any atom is 0.569 e. The van der Waals surface area contributed by atoms with Crippen LogP contribution in [0, 0.1) is 0 Å². The van der Waals surface area contributed by atoms with Crippen molar-refractivity contribution in [1.29, 1.82) is 0 Å². The van der Waals surface area contributed by atoms with E-state index in [9.17, 15) is 0 Å². The van der Waals surface area contributed by atoms with Gasteiger partial charge in [-0.1, -0.05) is 36.4 Å². The predicted octanol–water partition coefficient (Wildman–Crippen LogP) is 5.59. The molecule has 6 rings (SSSR count). The molecule has 2 aromatic heterocycles. The van der Waals surface area contributed by atoms with Gasteiger partial charge in [0.15, 0.2) is 0 Å². The van der Waals surface area contributed by atoms with Crippen LogP contribution in [0.2, 0.25) is 0 Å². The maximum absolute atomic E-state index is 8.86. The SMILES string of the molecule is O[B]Oc1ccc(-n2c3ccccc3c3cc4oc5ccccc5c4cc32)cc1. The van der Waals surface area contributed by atoms with Gasteiger partial charge in [-0.3, -0.25) is 0 Å². The van der Waals surface area contributed by atoms with Crippen LogP contribution in [0.15, 0.2) is 89.3 Å². The minimum absolute atomic E-state index is 0.584. The summed E-state index contributed by atoms with van der Waals surface area (Å²) >= 11 is 0. The zero-order chi connectivity index (χ0) is 19.4. The third-order valence-corrected chi connectivity index (χ3v) is 5.45. The van der Waals surface area contributed by atoms with Crippen LogP contribution in [0.5, 0.6) is 5.75 Å². The lowest BCUT2D eigenvalue weighted by Crippen LogP contribution is -2.00. The van der Waals surface area contributed by atoms with Crippen molar-refractivity contribution in [2.75, 3.05) is 0 Å². The number of rotatable bonds is 3. The molecule has 0 saturated heterocycles. The smallest absolute Gasteiger partial charge is 0.537 e. The first-order valence-corrected chi connectivity index (χ1v) is 9.41. The average molecular weight is 376 g/mol. The van der Waals surface area contributed by atoms with Gasteiger partial charge in [-0.05, 0) is 48.5 Å². The molecule has 0 spiro atoms. The first kappa shape index (κ1) is 16.3. The van der Waals surface area contributed by atoms with E-state index in [0.717, 1.165) is 44.0 Å². The van der Waals surface area contributed by atoms with Crippen LogP contribution in [0.3, 0.4) is 0 Å². The van der Waals surface area contributed by atoms with E-state index in [1.807, 2.05) is 42.5 Å². The quantitative estimate of drug-likeness (QED) is 0.410. The largest absolute Gasteiger partial charge is 0.569 e. The van der Waals surface area contributed by atoms with Crippen LogP contribution in [-0.2, 0) is 0 Å². The monoisotopic (exact) mass is 376 g/mol. The number of para-hydroxylation sites is 2. The molecule has 4 aromatic carbocycles. The number of aromatic nitrogens is 1. The summed E-state index contributed by atoms with van der Waals surface area (Å²) in [6.07, 6.45) is 0. The van der Waals surface area contributed by atoms with E-state index in [-0.39, 0.29) is 0 Å². The van der Waals surface area contributed by atoms with Gasteiger partial charge in [0.05, 0.1) is 11.0 Å². The fourth-order valence-electron chi connectivity index (χ4n) is 4.20. The highest BCUT2D eigenvalue weighted by molar-refractivity contribution is 6.17. The molecule has 0 aliphatic rings. The van der Waals surface area contributed by atoms with Gasteiger partial charge in [-0.25, -0.2) is 0 Å². The fraction of sp³-hybridized carbons (Fsp3) is 0. The first-order valence-electron chi connectivity index (χ1n) is 9.41. The summed E-state index contributed by atoms with van der Waals surface area (Å²) in [7, 11) is 0.691. The topological polar surface area (TPSA) is 47.5 Å². The Morgan fingerprint density at radius 2 is 1.45 bits per heavy atom. The van der Waals surface area contributed by atoms with E-state index in [1.165, 1.54) is 5.39 Å². The van der Waals surface area contributed by atoms with Gasteiger partial charge in [0.1, 0.15) is 16.9 Å². The molecular formula is C24H15BNO3. The van der Waals surface area contributed by atoms with Crippen LogP contribution in [-0.4, -0.2) is 17.3 Å². The van der Waals surface area contributed by atoms with Gasteiger partial charge in [-0.15, -0.1) is 0 Å². The zero-order valence-electron chi connectivity index (χ0n) is 15.4. The molecule has 0 aliphatic carbocycles. The average Bonchev–Trinajstić information content (AvgIpc) is 3.28. The number of furan rings is 1. The highest BCUT2D eigenvalue weighted by Gasteiger charge is 2.16. The molecule has 1 N–H and O–H groups in total. The van der Waals surface area contributed by atoms with Crippen molar-refractivity contribution in [3.63, 3.8) is 0 Å². The second-order valence-electron chi connectivity index (χ2n) is 7.03. The van der Waals surface area contributed by atoms with Crippen LogP contribution in [0.1, 0.15) is 0 Å². The van der Waals surface area contributed by atoms with E-state index in [2.05, 4.69) is 47.0 Å². The highest BCUT2D eigenvalue weighted by Crippen LogP contribution is 2.38. The summed E-state index contributed by atoms with van der Waals surface area (Å²) in [6.45, 7) is 0. The summed E-state index contributed by atoms with van der Waals surface area (Å²) in [5.74, 6) is 0.584. The van der Waals surface area contributed by atoms with E-state index >= 15 is 0 Å². The fourth-order valence-corrected chi connectivity index (χ4v) is 4.20. The maximum atomic E-state index is 8.86. The first-order chi connectivity index (χ1) is 14.3. The van der Waals surface area contributed by atoms with Gasteiger partial charge in [0, 0.05) is 27.2 Å². The molecule has 0 fully saturated rings. The van der Waals surface area contributed by atoms with Crippen molar-refractivity contribution < 1.29 is 14.1 Å². The molecule has 0 saturated carbocycles. The minimum Gasteiger partial charge on any atom is -0.537 e. The Labute approximate surface area is 166 Å². The summed E-state index contributed by atoms with van der Waals surface area (Å²) in [5, 5.41) is 13.4. The van der Waals surface area contributed by atoms with Crippen molar-refractivity contribution >= 4 is 51.4 Å². The summed E-state index contributed by atoms with van der Waals surface area (Å²) < 4.78 is 13.4. The van der Waals surface area contributed by atoms with Crippen LogP contribution in [0.25, 0.3) is 49.4 Å². The van der Waals surface area contributed by atoms with Crippen LogP contribution < -0.4 is 4.65 Å². The highest BCUT2D eigenvalue weighted by atomic mass is 16.5. The molecule has 2 heterocycles. The Hall–Kier alpha value is -3.70. The Bertz CT molecular complexity index is 1510. The molecule has 0 aliphatic heterocycles. The summed E-state index contributed by atoms with van der Waals surface area (Å²) in [6, 6.07) is 28.5. The summed E-state index contributed by atoms with van der Waals surface area (Å²) in [4.78, 5) is 0. The van der Waals surface area contributed by atoms with E-state index in [0.29, 0.717) is 13.4 Å². The third-order valence-electron chi connectivity index (χ3n) is 5.45. The standard InChI is InChI=1S/C24H15BNO3/c27-25-29-16-11-9-15(10-12-16)26-21-7-3-1-5-17(21)19-14-24-20(13-22(19)26)18-6-2-4-8-23(18)28-24/h1-14,27H. The van der Waals surface area contributed by atoms with Crippen molar-refractivity contribution in [1.82, 2.24) is 4.57 Å². The molecule has 0 bridgehead atoms. The second kappa shape index (κ2) is 6.16.